The summed E-state index contributed by atoms with van der Waals surface area (Å²) in [6, 6.07) is 9.50. The molecular weight excluding hydrogens is 252 g/mol. The molecule has 0 fully saturated rings. The average Bonchev–Trinajstić information content (AvgIpc) is 2.67. The zero-order valence-corrected chi connectivity index (χ0v) is 10.6. The second-order valence-corrected chi connectivity index (χ2v) is 4.20. The predicted octanol–water partition coefficient (Wildman–Crippen LogP) is 1.37. The number of hydrogen-bond acceptors (Lipinski definition) is 3. The number of amides is 1. The average molecular weight is 265 g/mol. The smallest absolute Gasteiger partial charge is 0.238 e. The number of nitrogens with zero attached hydrogens (tertiary/aromatic N) is 2. The van der Waals surface area contributed by atoms with Crippen LogP contribution in [0.1, 0.15) is 11.3 Å². The van der Waals surface area contributed by atoms with Crippen molar-refractivity contribution in [1.29, 1.82) is 0 Å². The Kier molecular flexibility index (Phi) is 3.64. The van der Waals surface area contributed by atoms with Crippen LogP contribution in [0.2, 0.25) is 5.15 Å². The number of aryl methyl sites for hydroxylation is 1. The Balaban J connectivity index is 2.41. The second-order valence-electron chi connectivity index (χ2n) is 3.85. The first kappa shape index (κ1) is 12.6. The van der Waals surface area contributed by atoms with Gasteiger partial charge in [-0.3, -0.25) is 10.2 Å². The fourth-order valence-electron chi connectivity index (χ4n) is 1.68. The van der Waals surface area contributed by atoms with Gasteiger partial charge < -0.3 is 0 Å². The van der Waals surface area contributed by atoms with Gasteiger partial charge in [-0.25, -0.2) is 10.5 Å². The Bertz CT molecular complexity index is 565. The van der Waals surface area contributed by atoms with Gasteiger partial charge >= 0.3 is 0 Å². The maximum Gasteiger partial charge on any atom is 0.238 e. The molecule has 0 saturated carbocycles. The van der Waals surface area contributed by atoms with Crippen molar-refractivity contribution in [3.63, 3.8) is 0 Å². The predicted molar refractivity (Wildman–Crippen MR) is 69.3 cm³/mol. The normalized spacial score (nSPS) is 10.4. The lowest BCUT2D eigenvalue weighted by Gasteiger charge is -2.03. The minimum atomic E-state index is -0.299. The summed E-state index contributed by atoms with van der Waals surface area (Å²) in [5.41, 5.74) is 4.33. The highest BCUT2D eigenvalue weighted by Gasteiger charge is 2.16. The third-order valence-corrected chi connectivity index (χ3v) is 3.01. The first-order chi connectivity index (χ1) is 8.63. The standard InChI is InChI=1S/C12H13ClN4O/c1-8-10(7-11(18)15-14)12(13)17(16-8)9-5-3-2-4-6-9/h2-6H,7,14H2,1H3,(H,15,18). The van der Waals surface area contributed by atoms with E-state index in [2.05, 4.69) is 10.5 Å². The van der Waals surface area contributed by atoms with Crippen LogP contribution in [0.25, 0.3) is 5.69 Å². The molecular formula is C12H13ClN4O. The van der Waals surface area contributed by atoms with Gasteiger partial charge in [0.15, 0.2) is 0 Å². The summed E-state index contributed by atoms with van der Waals surface area (Å²) >= 11 is 6.24. The molecule has 94 valence electrons. The molecule has 18 heavy (non-hydrogen) atoms. The summed E-state index contributed by atoms with van der Waals surface area (Å²) in [7, 11) is 0. The molecule has 0 radical (unpaired) electrons. The first-order valence-corrected chi connectivity index (χ1v) is 5.80. The van der Waals surface area contributed by atoms with E-state index >= 15 is 0 Å². The minimum Gasteiger partial charge on any atom is -0.294 e. The van der Waals surface area contributed by atoms with E-state index in [0.717, 1.165) is 5.69 Å². The number of hydrazine groups is 1. The van der Waals surface area contributed by atoms with Gasteiger partial charge in [0.05, 0.1) is 17.8 Å². The van der Waals surface area contributed by atoms with Crippen LogP contribution in [0.3, 0.4) is 0 Å². The maximum atomic E-state index is 11.3. The van der Waals surface area contributed by atoms with Crippen LogP contribution in [0.15, 0.2) is 30.3 Å². The molecule has 1 amide bonds. The molecule has 0 bridgehead atoms. The van der Waals surface area contributed by atoms with E-state index in [1.54, 1.807) is 4.68 Å². The molecule has 0 saturated heterocycles. The third kappa shape index (κ3) is 2.37. The minimum absolute atomic E-state index is 0.119. The SMILES string of the molecule is Cc1nn(-c2ccccc2)c(Cl)c1CC(=O)NN. The lowest BCUT2D eigenvalue weighted by molar-refractivity contribution is -0.120. The van der Waals surface area contributed by atoms with Crippen molar-refractivity contribution in [3.05, 3.63) is 46.7 Å². The van der Waals surface area contributed by atoms with Crippen molar-refractivity contribution in [2.75, 3.05) is 0 Å². The molecule has 1 aromatic heterocycles. The van der Waals surface area contributed by atoms with E-state index in [1.807, 2.05) is 37.3 Å². The van der Waals surface area contributed by atoms with Gasteiger partial charge in [0.2, 0.25) is 5.91 Å². The number of para-hydroxylation sites is 1. The van der Waals surface area contributed by atoms with E-state index in [9.17, 15) is 4.79 Å². The van der Waals surface area contributed by atoms with E-state index in [0.29, 0.717) is 16.4 Å². The van der Waals surface area contributed by atoms with Gasteiger partial charge in [0, 0.05) is 5.56 Å². The molecule has 0 unspecified atom stereocenters. The van der Waals surface area contributed by atoms with Crippen molar-refractivity contribution in [1.82, 2.24) is 15.2 Å². The van der Waals surface area contributed by atoms with E-state index < -0.39 is 0 Å². The lowest BCUT2D eigenvalue weighted by Crippen LogP contribution is -2.31. The van der Waals surface area contributed by atoms with Crippen LogP contribution in [0, 0.1) is 6.92 Å². The lowest BCUT2D eigenvalue weighted by atomic mass is 10.2. The summed E-state index contributed by atoms with van der Waals surface area (Å²) in [5, 5.41) is 4.76. The van der Waals surface area contributed by atoms with Crippen LogP contribution >= 0.6 is 11.6 Å². The van der Waals surface area contributed by atoms with Crippen LogP contribution in [0.4, 0.5) is 0 Å². The monoisotopic (exact) mass is 264 g/mol. The number of halogens is 1. The van der Waals surface area contributed by atoms with E-state index in [-0.39, 0.29) is 12.3 Å². The maximum absolute atomic E-state index is 11.3. The number of rotatable bonds is 3. The van der Waals surface area contributed by atoms with Crippen molar-refractivity contribution in [3.8, 4) is 5.69 Å². The highest BCUT2D eigenvalue weighted by Crippen LogP contribution is 2.23. The van der Waals surface area contributed by atoms with Crippen LogP contribution < -0.4 is 11.3 Å². The molecule has 1 aromatic carbocycles. The topological polar surface area (TPSA) is 72.9 Å². The number of hydrogen-bond donors (Lipinski definition) is 2. The second kappa shape index (κ2) is 5.20. The fraction of sp³-hybridized carbons (Fsp3) is 0.167. The van der Waals surface area contributed by atoms with Crippen molar-refractivity contribution in [2.45, 2.75) is 13.3 Å². The fourth-order valence-corrected chi connectivity index (χ4v) is 2.02. The summed E-state index contributed by atoms with van der Waals surface area (Å²) < 4.78 is 1.61. The van der Waals surface area contributed by atoms with Gasteiger partial charge in [0.1, 0.15) is 5.15 Å². The molecule has 0 aliphatic heterocycles. The Hall–Kier alpha value is -1.85. The summed E-state index contributed by atoms with van der Waals surface area (Å²) in [4.78, 5) is 11.3. The zero-order valence-electron chi connectivity index (χ0n) is 9.85. The molecule has 3 N–H and O–H groups in total. The number of carbonyl (C=O) groups excluding carboxylic acids is 1. The Labute approximate surface area is 110 Å². The van der Waals surface area contributed by atoms with Gasteiger partial charge in [-0.2, -0.15) is 5.10 Å². The van der Waals surface area contributed by atoms with Crippen molar-refractivity contribution >= 4 is 17.5 Å². The largest absolute Gasteiger partial charge is 0.294 e. The third-order valence-electron chi connectivity index (χ3n) is 2.62. The van der Waals surface area contributed by atoms with Crippen LogP contribution in [0.5, 0.6) is 0 Å². The number of nitrogens with two attached hydrogens (primary N) is 1. The molecule has 0 atom stereocenters. The molecule has 1 heterocycles. The molecule has 0 aliphatic carbocycles. The van der Waals surface area contributed by atoms with Gasteiger partial charge in [-0.15, -0.1) is 0 Å². The Morgan fingerprint density at radius 3 is 2.72 bits per heavy atom. The Morgan fingerprint density at radius 2 is 2.11 bits per heavy atom. The molecule has 6 heteroatoms. The highest BCUT2D eigenvalue weighted by molar-refractivity contribution is 6.30. The molecule has 0 aliphatic rings. The van der Waals surface area contributed by atoms with Gasteiger partial charge in [0.25, 0.3) is 0 Å². The summed E-state index contributed by atoms with van der Waals surface area (Å²) in [6.07, 6.45) is 0.119. The molecule has 5 nitrogen and oxygen atoms in total. The molecule has 2 aromatic rings. The Morgan fingerprint density at radius 1 is 1.44 bits per heavy atom. The zero-order chi connectivity index (χ0) is 13.1. The number of carbonyl (C=O) groups is 1. The highest BCUT2D eigenvalue weighted by atomic mass is 35.5. The van der Waals surface area contributed by atoms with Crippen molar-refractivity contribution < 1.29 is 4.79 Å². The van der Waals surface area contributed by atoms with E-state index in [4.69, 9.17) is 17.4 Å². The number of nitrogens with one attached hydrogen (secondary N) is 1. The quantitative estimate of drug-likeness (QED) is 0.500. The van der Waals surface area contributed by atoms with Crippen LogP contribution in [-0.4, -0.2) is 15.7 Å². The van der Waals surface area contributed by atoms with Gasteiger partial charge in [-0.05, 0) is 19.1 Å². The number of benzene rings is 1. The first-order valence-electron chi connectivity index (χ1n) is 5.42. The summed E-state index contributed by atoms with van der Waals surface area (Å²) in [6.45, 7) is 1.81. The molecule has 0 spiro atoms. The molecule has 2 rings (SSSR count). The van der Waals surface area contributed by atoms with Gasteiger partial charge in [-0.1, -0.05) is 29.8 Å². The number of aromatic nitrogens is 2. The van der Waals surface area contributed by atoms with Crippen molar-refractivity contribution in [2.24, 2.45) is 5.84 Å². The van der Waals surface area contributed by atoms with E-state index in [1.165, 1.54) is 0 Å². The summed E-state index contributed by atoms with van der Waals surface area (Å²) in [5.74, 6) is 4.77. The van der Waals surface area contributed by atoms with Crippen LogP contribution in [-0.2, 0) is 11.2 Å².